The maximum atomic E-state index is 5.61. The number of aromatic nitrogens is 4. The molecule has 3 heterocycles. The predicted molar refractivity (Wildman–Crippen MR) is 135 cm³/mol. The van der Waals surface area contributed by atoms with Gasteiger partial charge in [-0.25, -0.2) is 15.0 Å². The minimum atomic E-state index is 0. The summed E-state index contributed by atoms with van der Waals surface area (Å²) < 4.78 is 7.55. The Hall–Kier alpha value is -3.21. The maximum Gasteiger partial charge on any atom is 0.226 e. The Kier molecular flexibility index (Phi) is 7.98. The van der Waals surface area contributed by atoms with Crippen LogP contribution in [0.3, 0.4) is 0 Å². The van der Waals surface area contributed by atoms with E-state index in [0.717, 1.165) is 28.5 Å². The van der Waals surface area contributed by atoms with Gasteiger partial charge < -0.3 is 15.1 Å². The lowest BCUT2D eigenvalue weighted by Gasteiger charge is -2.11. The number of rotatable bonds is 6. The van der Waals surface area contributed by atoms with Crippen molar-refractivity contribution in [3.05, 3.63) is 83.9 Å². The molecule has 0 aliphatic rings. The van der Waals surface area contributed by atoms with E-state index in [4.69, 9.17) is 4.42 Å². The normalized spacial score (nSPS) is 11.2. The molecule has 9 heteroatoms. The van der Waals surface area contributed by atoms with Crippen LogP contribution in [0.1, 0.15) is 22.6 Å². The molecule has 8 nitrogen and oxygen atoms in total. The molecule has 32 heavy (non-hydrogen) atoms. The fourth-order valence-corrected chi connectivity index (χ4v) is 3.08. The number of pyridine rings is 1. The number of guanidine groups is 1. The van der Waals surface area contributed by atoms with Gasteiger partial charge in [-0.3, -0.25) is 9.56 Å². The van der Waals surface area contributed by atoms with E-state index in [2.05, 4.69) is 37.5 Å². The Morgan fingerprint density at radius 1 is 1.03 bits per heavy atom. The lowest BCUT2D eigenvalue weighted by Crippen LogP contribution is -2.36. The van der Waals surface area contributed by atoms with Crippen LogP contribution in [0.25, 0.3) is 17.3 Å². The summed E-state index contributed by atoms with van der Waals surface area (Å²) in [5.41, 5.74) is 4.02. The largest absolute Gasteiger partial charge is 0.444 e. The average Bonchev–Trinajstić information content (AvgIpc) is 3.44. The van der Waals surface area contributed by atoms with Crippen molar-refractivity contribution >= 4 is 29.9 Å². The summed E-state index contributed by atoms with van der Waals surface area (Å²) in [6.07, 6.45) is 7.17. The standard InChI is InChI=1S/C23H25N7O.HI/c1-16-4-7-19(8-5-16)22-29-20(15-31-22)14-28-23(24-3)27-13-18-6-9-21(26-12-18)30-11-10-25-17(30)2;/h4-12,15H,13-14H2,1-3H3,(H2,24,27,28);1H. The van der Waals surface area contributed by atoms with Crippen LogP contribution in [-0.4, -0.2) is 32.5 Å². The molecule has 0 saturated heterocycles. The van der Waals surface area contributed by atoms with Crippen LogP contribution in [-0.2, 0) is 13.1 Å². The van der Waals surface area contributed by atoms with Crippen molar-refractivity contribution in [3.63, 3.8) is 0 Å². The summed E-state index contributed by atoms with van der Waals surface area (Å²) in [7, 11) is 1.74. The van der Waals surface area contributed by atoms with E-state index in [0.29, 0.717) is 24.9 Å². The number of aryl methyl sites for hydroxylation is 2. The Labute approximate surface area is 204 Å². The van der Waals surface area contributed by atoms with Gasteiger partial charge in [0.2, 0.25) is 5.89 Å². The van der Waals surface area contributed by atoms with Gasteiger partial charge in [0, 0.05) is 37.7 Å². The fourth-order valence-electron chi connectivity index (χ4n) is 3.08. The van der Waals surface area contributed by atoms with Gasteiger partial charge in [-0.05, 0) is 37.6 Å². The van der Waals surface area contributed by atoms with Crippen molar-refractivity contribution in [2.45, 2.75) is 26.9 Å². The number of imidazole rings is 1. The second-order valence-corrected chi connectivity index (χ2v) is 7.16. The topological polar surface area (TPSA) is 93.2 Å². The predicted octanol–water partition coefficient (Wildman–Crippen LogP) is 4.02. The van der Waals surface area contributed by atoms with Gasteiger partial charge in [0.25, 0.3) is 0 Å². The number of halogens is 1. The molecule has 4 rings (SSSR count). The van der Waals surface area contributed by atoms with E-state index in [9.17, 15) is 0 Å². The van der Waals surface area contributed by atoms with Crippen LogP contribution in [0.4, 0.5) is 0 Å². The van der Waals surface area contributed by atoms with Crippen LogP contribution >= 0.6 is 24.0 Å². The number of hydrogen-bond acceptors (Lipinski definition) is 5. The quantitative estimate of drug-likeness (QED) is 0.217. The third-order valence-corrected chi connectivity index (χ3v) is 4.85. The van der Waals surface area contributed by atoms with E-state index in [1.807, 2.05) is 60.3 Å². The first-order valence-electron chi connectivity index (χ1n) is 10.0. The highest BCUT2D eigenvalue weighted by Gasteiger charge is 2.08. The average molecular weight is 543 g/mol. The monoisotopic (exact) mass is 543 g/mol. The molecule has 0 fully saturated rings. The zero-order chi connectivity index (χ0) is 21.6. The van der Waals surface area contributed by atoms with Crippen molar-refractivity contribution in [1.82, 2.24) is 30.2 Å². The van der Waals surface area contributed by atoms with Crippen LogP contribution < -0.4 is 10.6 Å². The summed E-state index contributed by atoms with van der Waals surface area (Å²) in [5.74, 6) is 3.03. The van der Waals surface area contributed by atoms with E-state index in [1.54, 1.807) is 19.5 Å². The molecule has 2 N–H and O–H groups in total. The molecule has 0 bridgehead atoms. The fraction of sp³-hybridized carbons (Fsp3) is 0.217. The summed E-state index contributed by atoms with van der Waals surface area (Å²) in [6.45, 7) is 5.11. The molecule has 4 aromatic rings. The van der Waals surface area contributed by atoms with Crippen LogP contribution in [0.2, 0.25) is 0 Å². The third-order valence-electron chi connectivity index (χ3n) is 4.85. The molecule has 166 valence electrons. The zero-order valence-corrected chi connectivity index (χ0v) is 20.6. The van der Waals surface area contributed by atoms with E-state index >= 15 is 0 Å². The minimum absolute atomic E-state index is 0. The number of aliphatic imine (C=N–C) groups is 1. The highest BCUT2D eigenvalue weighted by Crippen LogP contribution is 2.19. The van der Waals surface area contributed by atoms with Gasteiger partial charge in [-0.1, -0.05) is 23.8 Å². The number of oxazole rings is 1. The van der Waals surface area contributed by atoms with Gasteiger partial charge in [0.05, 0.1) is 12.2 Å². The maximum absolute atomic E-state index is 5.61. The first kappa shape index (κ1) is 23.5. The molecule has 0 radical (unpaired) electrons. The highest BCUT2D eigenvalue weighted by atomic mass is 127. The molecular formula is C23H26IN7O. The van der Waals surface area contributed by atoms with Gasteiger partial charge in [-0.15, -0.1) is 24.0 Å². The number of benzene rings is 1. The first-order valence-corrected chi connectivity index (χ1v) is 10.0. The Morgan fingerprint density at radius 3 is 2.47 bits per heavy atom. The van der Waals surface area contributed by atoms with E-state index < -0.39 is 0 Å². The van der Waals surface area contributed by atoms with Gasteiger partial charge in [-0.2, -0.15) is 0 Å². The molecule has 0 atom stereocenters. The van der Waals surface area contributed by atoms with Crippen molar-refractivity contribution in [2.75, 3.05) is 7.05 Å². The summed E-state index contributed by atoms with van der Waals surface area (Å²) in [5, 5.41) is 6.54. The third kappa shape index (κ3) is 5.72. The molecule has 0 amide bonds. The second-order valence-electron chi connectivity index (χ2n) is 7.16. The second kappa shape index (κ2) is 10.9. The number of nitrogens with one attached hydrogen (secondary N) is 2. The molecule has 0 spiro atoms. The van der Waals surface area contributed by atoms with Crippen molar-refractivity contribution < 1.29 is 4.42 Å². The lowest BCUT2D eigenvalue weighted by atomic mass is 10.1. The molecule has 0 unspecified atom stereocenters. The van der Waals surface area contributed by atoms with Crippen molar-refractivity contribution in [2.24, 2.45) is 4.99 Å². The van der Waals surface area contributed by atoms with Crippen LogP contribution in [0.5, 0.6) is 0 Å². The summed E-state index contributed by atoms with van der Waals surface area (Å²) in [6, 6.07) is 12.1. The smallest absolute Gasteiger partial charge is 0.226 e. The van der Waals surface area contributed by atoms with Crippen molar-refractivity contribution in [1.29, 1.82) is 0 Å². The molecule has 1 aromatic carbocycles. The van der Waals surface area contributed by atoms with E-state index in [1.165, 1.54) is 5.56 Å². The zero-order valence-electron chi connectivity index (χ0n) is 18.2. The van der Waals surface area contributed by atoms with Gasteiger partial charge in [0.1, 0.15) is 17.9 Å². The lowest BCUT2D eigenvalue weighted by molar-refractivity contribution is 0.572. The summed E-state index contributed by atoms with van der Waals surface area (Å²) in [4.78, 5) is 17.6. The molecule has 3 aromatic heterocycles. The van der Waals surface area contributed by atoms with E-state index in [-0.39, 0.29) is 24.0 Å². The Morgan fingerprint density at radius 2 is 1.81 bits per heavy atom. The Bertz CT molecular complexity index is 1160. The van der Waals surface area contributed by atoms with Gasteiger partial charge >= 0.3 is 0 Å². The molecule has 0 aliphatic carbocycles. The first-order chi connectivity index (χ1) is 15.1. The van der Waals surface area contributed by atoms with Crippen LogP contribution in [0, 0.1) is 13.8 Å². The molecule has 0 aliphatic heterocycles. The summed E-state index contributed by atoms with van der Waals surface area (Å²) >= 11 is 0. The highest BCUT2D eigenvalue weighted by molar-refractivity contribution is 14.0. The van der Waals surface area contributed by atoms with Gasteiger partial charge in [0.15, 0.2) is 5.96 Å². The van der Waals surface area contributed by atoms with Crippen LogP contribution in [0.15, 0.2) is 70.7 Å². The molecule has 0 saturated carbocycles. The Balaban J connectivity index is 0.00000289. The van der Waals surface area contributed by atoms with Crippen molar-refractivity contribution in [3.8, 4) is 17.3 Å². The molecular weight excluding hydrogens is 517 g/mol. The number of hydrogen-bond donors (Lipinski definition) is 2. The minimum Gasteiger partial charge on any atom is -0.444 e. The number of nitrogens with zero attached hydrogens (tertiary/aromatic N) is 5. The SMILES string of the molecule is CN=C(NCc1ccc(-n2ccnc2C)nc1)NCc1coc(-c2ccc(C)cc2)n1.I.